The van der Waals surface area contributed by atoms with Crippen molar-refractivity contribution in [3.8, 4) is 0 Å². The van der Waals surface area contributed by atoms with Gasteiger partial charge in [-0.2, -0.15) is 11.3 Å². The third-order valence-corrected chi connectivity index (χ3v) is 5.01. The predicted molar refractivity (Wildman–Crippen MR) is 109 cm³/mol. The van der Waals surface area contributed by atoms with Gasteiger partial charge in [-0.05, 0) is 34.5 Å². The minimum absolute atomic E-state index is 0.0506. The molecule has 0 radical (unpaired) electrons. The smallest absolute Gasteiger partial charge is 0.224 e. The van der Waals surface area contributed by atoms with Crippen LogP contribution in [0.4, 0.5) is 5.69 Å². The van der Waals surface area contributed by atoms with Gasteiger partial charge in [0.15, 0.2) is 0 Å². The molecule has 0 aliphatic rings. The zero-order valence-corrected chi connectivity index (χ0v) is 15.1. The second-order valence-corrected chi connectivity index (χ2v) is 6.89. The Morgan fingerprint density at radius 2 is 1.62 bits per heavy atom. The molecule has 4 rings (SSSR count). The number of nitrogens with one attached hydrogen (secondary N) is 2. The van der Waals surface area contributed by atoms with E-state index in [0.717, 1.165) is 33.1 Å². The van der Waals surface area contributed by atoms with Crippen LogP contribution in [0, 0.1) is 0 Å². The molecule has 0 unspecified atom stereocenters. The molecule has 0 aliphatic carbocycles. The lowest BCUT2D eigenvalue weighted by molar-refractivity contribution is -0.120. The average molecular weight is 361 g/mol. The molecule has 0 spiro atoms. The quantitative estimate of drug-likeness (QED) is 0.399. The van der Waals surface area contributed by atoms with E-state index in [1.807, 2.05) is 53.2 Å². The van der Waals surface area contributed by atoms with Crippen LogP contribution >= 0.6 is 11.3 Å². The Balaban J connectivity index is 1.47. The molecule has 2 aromatic carbocycles. The maximum Gasteiger partial charge on any atom is 0.224 e. The summed E-state index contributed by atoms with van der Waals surface area (Å²) < 4.78 is 0. The number of pyridine rings is 1. The van der Waals surface area contributed by atoms with Gasteiger partial charge in [0.2, 0.25) is 5.91 Å². The number of rotatable bonds is 6. The number of hydrogen-bond donors (Lipinski definition) is 2. The van der Waals surface area contributed by atoms with Crippen molar-refractivity contribution in [2.75, 3.05) is 18.4 Å². The van der Waals surface area contributed by atoms with Crippen LogP contribution in [-0.2, 0) is 11.2 Å². The summed E-state index contributed by atoms with van der Waals surface area (Å²) in [5.74, 6) is 0.0506. The van der Waals surface area contributed by atoms with Crippen LogP contribution < -0.4 is 10.6 Å². The van der Waals surface area contributed by atoms with Gasteiger partial charge in [-0.15, -0.1) is 0 Å². The molecular weight excluding hydrogens is 342 g/mol. The largest absolute Gasteiger partial charge is 0.382 e. The van der Waals surface area contributed by atoms with Gasteiger partial charge >= 0.3 is 0 Å². The van der Waals surface area contributed by atoms with Gasteiger partial charge in [0, 0.05) is 23.9 Å². The SMILES string of the molecule is O=C(Cc1ccsc1)NCCNc1c2ccccc2nc2ccccc12. The van der Waals surface area contributed by atoms with Crippen LogP contribution in [0.25, 0.3) is 21.8 Å². The molecule has 2 aromatic heterocycles. The third-order valence-electron chi connectivity index (χ3n) is 4.28. The first-order valence-electron chi connectivity index (χ1n) is 8.60. The van der Waals surface area contributed by atoms with Gasteiger partial charge in [-0.1, -0.05) is 36.4 Å². The molecule has 0 saturated carbocycles. The van der Waals surface area contributed by atoms with Gasteiger partial charge < -0.3 is 10.6 Å². The molecule has 0 saturated heterocycles. The first-order valence-corrected chi connectivity index (χ1v) is 9.55. The number of hydrogen-bond acceptors (Lipinski definition) is 4. The summed E-state index contributed by atoms with van der Waals surface area (Å²) in [6.45, 7) is 1.24. The Morgan fingerprint density at radius 3 is 2.27 bits per heavy atom. The highest BCUT2D eigenvalue weighted by atomic mass is 32.1. The molecule has 4 nitrogen and oxygen atoms in total. The van der Waals surface area contributed by atoms with E-state index in [4.69, 9.17) is 4.98 Å². The van der Waals surface area contributed by atoms with E-state index < -0.39 is 0 Å². The minimum atomic E-state index is 0.0506. The molecule has 2 N–H and O–H groups in total. The van der Waals surface area contributed by atoms with Crippen molar-refractivity contribution in [1.82, 2.24) is 10.3 Å². The lowest BCUT2D eigenvalue weighted by Crippen LogP contribution is -2.29. The van der Waals surface area contributed by atoms with Crippen LogP contribution in [0.1, 0.15) is 5.56 Å². The summed E-state index contributed by atoms with van der Waals surface area (Å²) in [5, 5.41) is 12.7. The Hall–Kier alpha value is -2.92. The van der Waals surface area contributed by atoms with Gasteiger partial charge in [0.25, 0.3) is 0 Å². The van der Waals surface area contributed by atoms with Crippen molar-refractivity contribution in [1.29, 1.82) is 0 Å². The molecule has 1 amide bonds. The molecule has 26 heavy (non-hydrogen) atoms. The van der Waals surface area contributed by atoms with E-state index in [1.165, 1.54) is 0 Å². The first-order chi connectivity index (χ1) is 12.8. The summed E-state index contributed by atoms with van der Waals surface area (Å²) in [6, 6.07) is 18.2. The van der Waals surface area contributed by atoms with E-state index >= 15 is 0 Å². The number of carbonyl (C=O) groups is 1. The lowest BCUT2D eigenvalue weighted by Gasteiger charge is -2.13. The molecule has 0 bridgehead atoms. The number of carbonyl (C=O) groups excluding carboxylic acids is 1. The van der Waals surface area contributed by atoms with Crippen LogP contribution in [0.2, 0.25) is 0 Å². The normalized spacial score (nSPS) is 10.9. The molecule has 0 fully saturated rings. The summed E-state index contributed by atoms with van der Waals surface area (Å²) in [5.41, 5.74) is 4.07. The zero-order valence-electron chi connectivity index (χ0n) is 14.2. The second-order valence-electron chi connectivity index (χ2n) is 6.11. The molecule has 5 heteroatoms. The van der Waals surface area contributed by atoms with Crippen LogP contribution in [-0.4, -0.2) is 24.0 Å². The number of thiophene rings is 1. The van der Waals surface area contributed by atoms with Crippen molar-refractivity contribution < 1.29 is 4.79 Å². The zero-order chi connectivity index (χ0) is 17.8. The third kappa shape index (κ3) is 3.53. The summed E-state index contributed by atoms with van der Waals surface area (Å²) in [6.07, 6.45) is 0.435. The second kappa shape index (κ2) is 7.54. The van der Waals surface area contributed by atoms with Crippen molar-refractivity contribution in [2.24, 2.45) is 0 Å². The number of fused-ring (bicyclic) bond motifs is 2. The topological polar surface area (TPSA) is 54.0 Å². The fraction of sp³-hybridized carbons (Fsp3) is 0.143. The number of nitrogens with zero attached hydrogens (tertiary/aromatic N) is 1. The van der Waals surface area contributed by atoms with E-state index in [0.29, 0.717) is 19.5 Å². The van der Waals surface area contributed by atoms with Crippen molar-refractivity contribution in [2.45, 2.75) is 6.42 Å². The van der Waals surface area contributed by atoms with Crippen LogP contribution in [0.15, 0.2) is 65.4 Å². The first kappa shape index (κ1) is 16.5. The number of benzene rings is 2. The molecule has 0 atom stereocenters. The van der Waals surface area contributed by atoms with Gasteiger partial charge in [0.1, 0.15) is 0 Å². The number of amides is 1. The van der Waals surface area contributed by atoms with Crippen molar-refractivity contribution >= 4 is 44.7 Å². The van der Waals surface area contributed by atoms with Gasteiger partial charge in [0.05, 0.1) is 23.1 Å². The molecule has 0 aliphatic heterocycles. The number of para-hydroxylation sites is 2. The summed E-state index contributed by atoms with van der Waals surface area (Å²) >= 11 is 1.61. The molecule has 4 aromatic rings. The van der Waals surface area contributed by atoms with Gasteiger partial charge in [-0.3, -0.25) is 4.79 Å². The summed E-state index contributed by atoms with van der Waals surface area (Å²) in [4.78, 5) is 16.7. The summed E-state index contributed by atoms with van der Waals surface area (Å²) in [7, 11) is 0. The fourth-order valence-electron chi connectivity index (χ4n) is 3.06. The Bertz CT molecular complexity index is 990. The number of anilines is 1. The van der Waals surface area contributed by atoms with Crippen LogP contribution in [0.3, 0.4) is 0 Å². The van der Waals surface area contributed by atoms with Crippen molar-refractivity contribution in [3.63, 3.8) is 0 Å². The monoisotopic (exact) mass is 361 g/mol. The maximum absolute atomic E-state index is 12.0. The molecular formula is C21H19N3OS. The number of aromatic nitrogens is 1. The highest BCUT2D eigenvalue weighted by Crippen LogP contribution is 2.30. The van der Waals surface area contributed by atoms with E-state index in [2.05, 4.69) is 22.8 Å². The molecule has 2 heterocycles. The van der Waals surface area contributed by atoms with E-state index in [-0.39, 0.29) is 5.91 Å². The van der Waals surface area contributed by atoms with E-state index in [9.17, 15) is 4.79 Å². The lowest BCUT2D eigenvalue weighted by atomic mass is 10.1. The minimum Gasteiger partial charge on any atom is -0.382 e. The van der Waals surface area contributed by atoms with E-state index in [1.54, 1.807) is 11.3 Å². The standard InChI is InChI=1S/C21H19N3OS/c25-20(13-15-9-12-26-14-15)22-10-11-23-21-16-5-1-3-7-18(16)24-19-8-4-2-6-17(19)21/h1-9,12,14H,10-11,13H2,(H,22,25)(H,23,24). The Morgan fingerprint density at radius 1 is 0.923 bits per heavy atom. The average Bonchev–Trinajstić information content (AvgIpc) is 3.17. The maximum atomic E-state index is 12.0. The van der Waals surface area contributed by atoms with Crippen molar-refractivity contribution in [3.05, 3.63) is 70.9 Å². The molecule has 130 valence electrons. The highest BCUT2D eigenvalue weighted by molar-refractivity contribution is 7.08. The van der Waals surface area contributed by atoms with Crippen LogP contribution in [0.5, 0.6) is 0 Å². The highest BCUT2D eigenvalue weighted by Gasteiger charge is 2.08. The fourth-order valence-corrected chi connectivity index (χ4v) is 3.73. The Kier molecular flexibility index (Phi) is 4.80. The van der Waals surface area contributed by atoms with Gasteiger partial charge in [-0.25, -0.2) is 4.98 Å². The Labute approximate surface area is 155 Å². The predicted octanol–water partition coefficient (Wildman–Crippen LogP) is 4.22.